The number of benzene rings is 1. The Morgan fingerprint density at radius 2 is 1.94 bits per heavy atom. The van der Waals surface area contributed by atoms with Crippen molar-refractivity contribution >= 4 is 0 Å². The first-order chi connectivity index (χ1) is 8.26. The molecular formula is C15H24N2. The fourth-order valence-electron chi connectivity index (χ4n) is 2.86. The normalized spacial score (nSPS) is 18.5. The first-order valence-electron chi connectivity index (χ1n) is 6.75. The molecule has 3 N–H and O–H groups in total. The summed E-state index contributed by atoms with van der Waals surface area (Å²) in [7, 11) is 2.02. The fraction of sp³-hybridized carbons (Fsp3) is 0.600. The summed E-state index contributed by atoms with van der Waals surface area (Å²) in [6, 6.07) is 7.36. The maximum Gasteiger partial charge on any atom is 0.0355 e. The Kier molecular flexibility index (Phi) is 4.19. The van der Waals surface area contributed by atoms with Crippen molar-refractivity contribution in [1.29, 1.82) is 0 Å². The van der Waals surface area contributed by atoms with E-state index in [0.717, 1.165) is 6.54 Å². The summed E-state index contributed by atoms with van der Waals surface area (Å²) < 4.78 is 0. The molecule has 2 rings (SSSR count). The molecule has 94 valence electrons. The van der Waals surface area contributed by atoms with Gasteiger partial charge in [0, 0.05) is 6.04 Å². The van der Waals surface area contributed by atoms with Crippen LogP contribution in [0.15, 0.2) is 18.2 Å². The van der Waals surface area contributed by atoms with Crippen LogP contribution < -0.4 is 11.1 Å². The number of nitrogens with two attached hydrogens (primary N) is 1. The van der Waals surface area contributed by atoms with Gasteiger partial charge in [-0.1, -0.05) is 25.1 Å². The molecule has 1 aromatic rings. The van der Waals surface area contributed by atoms with Gasteiger partial charge >= 0.3 is 0 Å². The monoisotopic (exact) mass is 232 g/mol. The third kappa shape index (κ3) is 2.70. The van der Waals surface area contributed by atoms with Crippen LogP contribution in [0.2, 0.25) is 0 Å². The molecule has 0 amide bonds. The van der Waals surface area contributed by atoms with Gasteiger partial charge in [0.1, 0.15) is 0 Å². The Labute approximate surface area is 105 Å². The molecule has 17 heavy (non-hydrogen) atoms. The van der Waals surface area contributed by atoms with Crippen LogP contribution >= 0.6 is 0 Å². The number of hydrogen-bond acceptors (Lipinski definition) is 2. The van der Waals surface area contributed by atoms with Crippen LogP contribution in [0, 0.1) is 5.92 Å². The average molecular weight is 232 g/mol. The number of hydrogen-bond donors (Lipinski definition) is 2. The maximum absolute atomic E-state index is 5.78. The lowest BCUT2D eigenvalue weighted by atomic mass is 9.87. The Morgan fingerprint density at radius 1 is 1.24 bits per heavy atom. The second-order valence-electron chi connectivity index (χ2n) is 5.21. The molecule has 0 saturated heterocycles. The standard InChI is InChI=1S/C15H24N2/c1-11(10-16)15(17-2)14-8-7-12-5-3-4-6-13(12)9-14/h7-9,11,15,17H,3-6,10,16H2,1-2H3. The zero-order valence-corrected chi connectivity index (χ0v) is 11.0. The summed E-state index contributed by atoms with van der Waals surface area (Å²) in [5.74, 6) is 0.474. The van der Waals surface area contributed by atoms with Crippen LogP contribution in [0.4, 0.5) is 0 Å². The number of rotatable bonds is 4. The Morgan fingerprint density at radius 3 is 2.59 bits per heavy atom. The highest BCUT2D eigenvalue weighted by atomic mass is 14.9. The van der Waals surface area contributed by atoms with Crippen molar-refractivity contribution in [3.63, 3.8) is 0 Å². The minimum absolute atomic E-state index is 0.382. The van der Waals surface area contributed by atoms with E-state index in [2.05, 4.69) is 30.4 Å². The Balaban J connectivity index is 2.25. The molecule has 2 nitrogen and oxygen atoms in total. The summed E-state index contributed by atoms with van der Waals surface area (Å²) >= 11 is 0. The van der Waals surface area contributed by atoms with E-state index in [1.165, 1.54) is 31.2 Å². The molecular weight excluding hydrogens is 208 g/mol. The summed E-state index contributed by atoms with van der Waals surface area (Å²) in [6.07, 6.45) is 5.19. The molecule has 0 aliphatic heterocycles. The zero-order chi connectivity index (χ0) is 12.3. The molecule has 0 fully saturated rings. The number of fused-ring (bicyclic) bond motifs is 1. The summed E-state index contributed by atoms with van der Waals surface area (Å²) in [5, 5.41) is 3.40. The van der Waals surface area contributed by atoms with Gasteiger partial charge < -0.3 is 11.1 Å². The van der Waals surface area contributed by atoms with Crippen molar-refractivity contribution in [2.45, 2.75) is 38.6 Å². The molecule has 1 aliphatic rings. The molecule has 2 heteroatoms. The molecule has 2 atom stereocenters. The fourth-order valence-corrected chi connectivity index (χ4v) is 2.86. The highest BCUT2D eigenvalue weighted by Gasteiger charge is 2.18. The van der Waals surface area contributed by atoms with Gasteiger partial charge in [-0.25, -0.2) is 0 Å². The molecule has 0 bridgehead atoms. The molecule has 0 saturated carbocycles. The van der Waals surface area contributed by atoms with Gasteiger partial charge in [-0.3, -0.25) is 0 Å². The van der Waals surface area contributed by atoms with Crippen molar-refractivity contribution in [2.75, 3.05) is 13.6 Å². The minimum Gasteiger partial charge on any atom is -0.330 e. The first-order valence-corrected chi connectivity index (χ1v) is 6.75. The van der Waals surface area contributed by atoms with E-state index in [9.17, 15) is 0 Å². The summed E-state index contributed by atoms with van der Waals surface area (Å²) in [4.78, 5) is 0. The van der Waals surface area contributed by atoms with E-state index < -0.39 is 0 Å². The van der Waals surface area contributed by atoms with Gasteiger partial charge in [-0.2, -0.15) is 0 Å². The second-order valence-corrected chi connectivity index (χ2v) is 5.21. The third-order valence-corrected chi connectivity index (χ3v) is 3.98. The largest absolute Gasteiger partial charge is 0.330 e. The quantitative estimate of drug-likeness (QED) is 0.836. The van der Waals surface area contributed by atoms with Crippen LogP contribution in [-0.4, -0.2) is 13.6 Å². The van der Waals surface area contributed by atoms with Gasteiger partial charge in [0.25, 0.3) is 0 Å². The Hall–Kier alpha value is -0.860. The van der Waals surface area contributed by atoms with Crippen LogP contribution in [0.3, 0.4) is 0 Å². The zero-order valence-electron chi connectivity index (χ0n) is 11.0. The van der Waals surface area contributed by atoms with Crippen molar-refractivity contribution in [3.05, 3.63) is 34.9 Å². The smallest absolute Gasteiger partial charge is 0.0355 e. The number of nitrogens with one attached hydrogen (secondary N) is 1. The molecule has 0 spiro atoms. The van der Waals surface area contributed by atoms with Gasteiger partial charge in [-0.05, 0) is 61.9 Å². The maximum atomic E-state index is 5.78. The second kappa shape index (κ2) is 5.65. The summed E-state index contributed by atoms with van der Waals surface area (Å²) in [6.45, 7) is 2.93. The summed E-state index contributed by atoms with van der Waals surface area (Å²) in [5.41, 5.74) is 10.3. The molecule has 1 aromatic carbocycles. The first kappa shape index (κ1) is 12.6. The van der Waals surface area contributed by atoms with Gasteiger partial charge in [0.2, 0.25) is 0 Å². The van der Waals surface area contributed by atoms with Crippen molar-refractivity contribution in [2.24, 2.45) is 11.7 Å². The third-order valence-electron chi connectivity index (χ3n) is 3.98. The minimum atomic E-state index is 0.382. The van der Waals surface area contributed by atoms with Gasteiger partial charge in [0.05, 0.1) is 0 Å². The van der Waals surface area contributed by atoms with E-state index in [1.807, 2.05) is 7.05 Å². The van der Waals surface area contributed by atoms with Gasteiger partial charge in [-0.15, -0.1) is 0 Å². The van der Waals surface area contributed by atoms with E-state index in [4.69, 9.17) is 5.73 Å². The highest BCUT2D eigenvalue weighted by molar-refractivity contribution is 5.35. The average Bonchev–Trinajstić information content (AvgIpc) is 2.39. The molecule has 0 heterocycles. The van der Waals surface area contributed by atoms with E-state index >= 15 is 0 Å². The number of aryl methyl sites for hydroxylation is 2. The Bertz CT molecular complexity index is 373. The van der Waals surface area contributed by atoms with Crippen LogP contribution in [0.5, 0.6) is 0 Å². The van der Waals surface area contributed by atoms with E-state index in [0.29, 0.717) is 12.0 Å². The molecule has 2 unspecified atom stereocenters. The van der Waals surface area contributed by atoms with E-state index in [-0.39, 0.29) is 0 Å². The van der Waals surface area contributed by atoms with Crippen molar-refractivity contribution in [1.82, 2.24) is 5.32 Å². The van der Waals surface area contributed by atoms with Gasteiger partial charge in [0.15, 0.2) is 0 Å². The molecule has 0 radical (unpaired) electrons. The molecule has 1 aliphatic carbocycles. The van der Waals surface area contributed by atoms with Crippen molar-refractivity contribution in [3.8, 4) is 0 Å². The lowest BCUT2D eigenvalue weighted by Crippen LogP contribution is -2.28. The lowest BCUT2D eigenvalue weighted by molar-refractivity contribution is 0.419. The van der Waals surface area contributed by atoms with Crippen LogP contribution in [-0.2, 0) is 12.8 Å². The lowest BCUT2D eigenvalue weighted by Gasteiger charge is -2.25. The molecule has 0 aromatic heterocycles. The predicted octanol–water partition coefficient (Wildman–Crippen LogP) is 2.42. The SMILES string of the molecule is CNC(c1ccc2c(c1)CCCC2)C(C)CN. The van der Waals surface area contributed by atoms with Crippen LogP contribution in [0.25, 0.3) is 0 Å². The van der Waals surface area contributed by atoms with Crippen molar-refractivity contribution < 1.29 is 0 Å². The van der Waals surface area contributed by atoms with E-state index in [1.54, 1.807) is 11.1 Å². The predicted molar refractivity (Wildman–Crippen MR) is 73.1 cm³/mol. The topological polar surface area (TPSA) is 38.0 Å². The highest BCUT2D eigenvalue weighted by Crippen LogP contribution is 2.27. The van der Waals surface area contributed by atoms with Crippen LogP contribution in [0.1, 0.15) is 42.5 Å².